The van der Waals surface area contributed by atoms with E-state index in [0.29, 0.717) is 11.1 Å². The average Bonchev–Trinajstić information content (AvgIpc) is 2.53. The van der Waals surface area contributed by atoms with Crippen molar-refractivity contribution in [3.05, 3.63) is 83.9 Å². The molecule has 0 aliphatic carbocycles. The maximum atomic E-state index is 10.2. The van der Waals surface area contributed by atoms with Crippen molar-refractivity contribution < 1.29 is 10.2 Å². The molecule has 0 unspecified atom stereocenters. The number of aliphatic hydroxyl groups is 2. The summed E-state index contributed by atoms with van der Waals surface area (Å²) in [6.07, 6.45) is 1.56. The van der Waals surface area contributed by atoms with Crippen LogP contribution in [0.1, 0.15) is 34.5 Å². The van der Waals surface area contributed by atoms with Crippen LogP contribution in [0.4, 0.5) is 0 Å². The van der Waals surface area contributed by atoms with Crippen LogP contribution in [0.5, 0.6) is 0 Å². The Labute approximate surface area is 119 Å². The van der Waals surface area contributed by atoms with Crippen molar-refractivity contribution in [2.75, 3.05) is 0 Å². The van der Waals surface area contributed by atoms with Crippen molar-refractivity contribution in [2.45, 2.75) is 12.2 Å². The Bertz CT molecular complexity index is 526. The summed E-state index contributed by atoms with van der Waals surface area (Å²) in [5, 5.41) is 20.5. The van der Waals surface area contributed by atoms with Crippen molar-refractivity contribution >= 4 is 12.2 Å². The van der Waals surface area contributed by atoms with Crippen LogP contribution in [0.25, 0.3) is 12.2 Å². The molecule has 0 fully saturated rings. The molecule has 0 radical (unpaired) electrons. The fraction of sp³-hybridized carbons (Fsp3) is 0.111. The summed E-state index contributed by atoms with van der Waals surface area (Å²) >= 11 is 0. The van der Waals surface area contributed by atoms with Gasteiger partial charge in [0.25, 0.3) is 0 Å². The average molecular weight is 266 g/mol. The van der Waals surface area contributed by atoms with Gasteiger partial charge in [-0.2, -0.15) is 0 Å². The predicted molar refractivity (Wildman–Crippen MR) is 83.0 cm³/mol. The Hall–Kier alpha value is -2.16. The highest BCUT2D eigenvalue weighted by atomic mass is 16.3. The summed E-state index contributed by atoms with van der Waals surface area (Å²) < 4.78 is 0. The third-order valence-electron chi connectivity index (χ3n) is 3.33. The summed E-state index contributed by atoms with van der Waals surface area (Å²) in [6, 6.07) is 14.6. The number of rotatable bonds is 5. The smallest absolute Gasteiger partial charge is 0.109 e. The summed E-state index contributed by atoms with van der Waals surface area (Å²) in [4.78, 5) is 0. The molecule has 2 rings (SSSR count). The Morgan fingerprint density at radius 3 is 1.20 bits per heavy atom. The number of aliphatic hydroxyl groups excluding tert-OH is 2. The Balaban J connectivity index is 2.19. The number of hydrogen-bond donors (Lipinski definition) is 2. The van der Waals surface area contributed by atoms with Crippen molar-refractivity contribution in [3.8, 4) is 0 Å². The monoisotopic (exact) mass is 266 g/mol. The van der Waals surface area contributed by atoms with Crippen molar-refractivity contribution in [1.82, 2.24) is 0 Å². The molecule has 0 spiro atoms. The summed E-state index contributed by atoms with van der Waals surface area (Å²) in [5.41, 5.74) is 3.31. The Kier molecular flexibility index (Phi) is 4.51. The van der Waals surface area contributed by atoms with Gasteiger partial charge in [-0.1, -0.05) is 73.8 Å². The highest BCUT2D eigenvalue weighted by Crippen LogP contribution is 2.29. The zero-order valence-corrected chi connectivity index (χ0v) is 11.2. The van der Waals surface area contributed by atoms with E-state index >= 15 is 0 Å². The SMILES string of the molecule is C=Cc1ccc([C@H](O)[C@@H](O)c2ccc(C=C)cc2)cc1. The topological polar surface area (TPSA) is 40.5 Å². The van der Waals surface area contributed by atoms with E-state index in [1.807, 2.05) is 24.3 Å². The summed E-state index contributed by atoms with van der Waals surface area (Å²) in [5.74, 6) is 0. The van der Waals surface area contributed by atoms with E-state index in [-0.39, 0.29) is 0 Å². The van der Waals surface area contributed by atoms with Crippen molar-refractivity contribution in [2.24, 2.45) is 0 Å². The minimum Gasteiger partial charge on any atom is -0.385 e. The van der Waals surface area contributed by atoms with Crippen LogP contribution in [0.3, 0.4) is 0 Å². The van der Waals surface area contributed by atoms with Crippen LogP contribution in [0.15, 0.2) is 61.7 Å². The van der Waals surface area contributed by atoms with E-state index in [1.165, 1.54) is 0 Å². The number of benzene rings is 2. The largest absolute Gasteiger partial charge is 0.385 e. The molecule has 2 aromatic carbocycles. The van der Waals surface area contributed by atoms with Gasteiger partial charge in [0.05, 0.1) is 0 Å². The van der Waals surface area contributed by atoms with Gasteiger partial charge in [0.15, 0.2) is 0 Å². The van der Waals surface area contributed by atoms with Gasteiger partial charge in [-0.25, -0.2) is 0 Å². The normalized spacial score (nSPS) is 13.5. The van der Waals surface area contributed by atoms with Crippen LogP contribution in [-0.2, 0) is 0 Å². The number of hydrogen-bond acceptors (Lipinski definition) is 2. The third kappa shape index (κ3) is 3.05. The molecule has 2 heteroatoms. The fourth-order valence-electron chi connectivity index (χ4n) is 2.02. The van der Waals surface area contributed by atoms with Crippen LogP contribution in [-0.4, -0.2) is 10.2 Å². The lowest BCUT2D eigenvalue weighted by Crippen LogP contribution is -2.10. The van der Waals surface area contributed by atoms with Crippen LogP contribution in [0, 0.1) is 0 Å². The van der Waals surface area contributed by atoms with Gasteiger partial charge in [0.2, 0.25) is 0 Å². The van der Waals surface area contributed by atoms with Gasteiger partial charge in [0.1, 0.15) is 12.2 Å². The zero-order valence-electron chi connectivity index (χ0n) is 11.2. The first-order chi connectivity index (χ1) is 9.65. The molecule has 0 aromatic heterocycles. The quantitative estimate of drug-likeness (QED) is 0.865. The van der Waals surface area contributed by atoms with Crippen molar-refractivity contribution in [3.63, 3.8) is 0 Å². The molecule has 0 saturated carbocycles. The molecule has 20 heavy (non-hydrogen) atoms. The minimum atomic E-state index is -0.955. The lowest BCUT2D eigenvalue weighted by Gasteiger charge is -2.19. The van der Waals surface area contributed by atoms with E-state index in [4.69, 9.17) is 0 Å². The van der Waals surface area contributed by atoms with Gasteiger partial charge in [0, 0.05) is 0 Å². The highest BCUT2D eigenvalue weighted by Gasteiger charge is 2.19. The van der Waals surface area contributed by atoms with Gasteiger partial charge in [-0.05, 0) is 22.3 Å². The second-order valence-electron chi connectivity index (χ2n) is 4.63. The Morgan fingerprint density at radius 1 is 0.650 bits per heavy atom. The van der Waals surface area contributed by atoms with Crippen LogP contribution in [0.2, 0.25) is 0 Å². The van der Waals surface area contributed by atoms with Gasteiger partial charge < -0.3 is 10.2 Å². The minimum absolute atomic E-state index is 0.677. The van der Waals surface area contributed by atoms with Gasteiger partial charge in [-0.3, -0.25) is 0 Å². The van der Waals surface area contributed by atoms with E-state index < -0.39 is 12.2 Å². The summed E-state index contributed by atoms with van der Waals surface area (Å²) in [7, 11) is 0. The van der Waals surface area contributed by atoms with Gasteiger partial charge in [-0.15, -0.1) is 0 Å². The standard InChI is InChI=1S/C18H18O2/c1-3-13-5-9-15(10-6-13)17(19)18(20)16-11-7-14(4-2)8-12-16/h3-12,17-20H,1-2H2/t17-,18-/m0/s1. The molecule has 0 amide bonds. The molecule has 2 atom stereocenters. The van der Waals surface area contributed by atoms with E-state index in [0.717, 1.165) is 11.1 Å². The lowest BCUT2D eigenvalue weighted by molar-refractivity contribution is 0.0172. The van der Waals surface area contributed by atoms with E-state index in [1.54, 1.807) is 36.4 Å². The molecule has 102 valence electrons. The fourth-order valence-corrected chi connectivity index (χ4v) is 2.02. The van der Waals surface area contributed by atoms with E-state index in [2.05, 4.69) is 13.2 Å². The maximum Gasteiger partial charge on any atom is 0.109 e. The molecule has 2 nitrogen and oxygen atoms in total. The molecular formula is C18H18O2. The van der Waals surface area contributed by atoms with Gasteiger partial charge >= 0.3 is 0 Å². The molecule has 0 bridgehead atoms. The molecule has 0 aliphatic heterocycles. The molecular weight excluding hydrogens is 248 g/mol. The Morgan fingerprint density at radius 2 is 0.950 bits per heavy atom. The first-order valence-corrected chi connectivity index (χ1v) is 6.46. The molecule has 0 aliphatic rings. The first-order valence-electron chi connectivity index (χ1n) is 6.46. The predicted octanol–water partition coefficient (Wildman–Crippen LogP) is 3.74. The first kappa shape index (κ1) is 14.3. The highest BCUT2D eigenvalue weighted by molar-refractivity contribution is 5.48. The van der Waals surface area contributed by atoms with Crippen LogP contribution >= 0.6 is 0 Å². The molecule has 2 aromatic rings. The van der Waals surface area contributed by atoms with E-state index in [9.17, 15) is 10.2 Å². The van der Waals surface area contributed by atoms with Crippen molar-refractivity contribution in [1.29, 1.82) is 0 Å². The zero-order chi connectivity index (χ0) is 14.5. The lowest BCUT2D eigenvalue weighted by atomic mass is 9.97. The summed E-state index contributed by atoms with van der Waals surface area (Å²) in [6.45, 7) is 7.37. The molecule has 2 N–H and O–H groups in total. The maximum absolute atomic E-state index is 10.2. The molecule has 0 saturated heterocycles. The third-order valence-corrected chi connectivity index (χ3v) is 3.33. The van der Waals surface area contributed by atoms with Crippen LogP contribution < -0.4 is 0 Å². The second kappa shape index (κ2) is 6.33. The molecule has 0 heterocycles. The second-order valence-corrected chi connectivity index (χ2v) is 4.63.